The van der Waals surface area contributed by atoms with Crippen molar-refractivity contribution in [3.63, 3.8) is 0 Å². The molecule has 21 heavy (non-hydrogen) atoms. The number of hydrogen-bond donors (Lipinski definition) is 1. The van der Waals surface area contributed by atoms with Gasteiger partial charge in [0, 0.05) is 12.4 Å². The Kier molecular flexibility index (Phi) is 7.78. The first kappa shape index (κ1) is 18.0. The summed E-state index contributed by atoms with van der Waals surface area (Å²) in [6.07, 6.45) is 3.25. The van der Waals surface area contributed by atoms with Gasteiger partial charge in [-0.3, -0.25) is 4.79 Å². The summed E-state index contributed by atoms with van der Waals surface area (Å²) in [5, 5.41) is 13.1. The number of carbonyl (C=O) groups is 2. The van der Waals surface area contributed by atoms with E-state index in [0.717, 1.165) is 24.2 Å². The number of hydrogen-bond acceptors (Lipinski definition) is 4. The zero-order chi connectivity index (χ0) is 14.4. The number of aliphatic carboxylic acids is 1. The number of amides is 1. The fraction of sp³-hybridized carbons (Fsp3) is 0.467. The van der Waals surface area contributed by atoms with Crippen LogP contribution in [0.5, 0.6) is 5.75 Å². The summed E-state index contributed by atoms with van der Waals surface area (Å²) < 4.78 is 5.61. The third kappa shape index (κ3) is 5.69. The van der Waals surface area contributed by atoms with Gasteiger partial charge in [0.05, 0.1) is 12.3 Å². The topological polar surface area (TPSA) is 78.5 Å². The number of benzene rings is 1. The number of nitrogens with one attached hydrogen (secondary N) is 1. The van der Waals surface area contributed by atoms with E-state index < -0.39 is 5.97 Å². The Balaban J connectivity index is 0.00000220. The molecule has 0 spiro atoms. The first-order valence-corrected chi connectivity index (χ1v) is 6.91. The SMILES string of the molecule is O=C([O-])CCCCC(=O)Nc1cccc2c1OCCC2.[Na+]. The van der Waals surface area contributed by atoms with E-state index in [2.05, 4.69) is 5.32 Å². The fourth-order valence-electron chi connectivity index (χ4n) is 2.26. The molecule has 2 rings (SSSR count). The number of para-hydroxylation sites is 1. The summed E-state index contributed by atoms with van der Waals surface area (Å²) in [6.45, 7) is 0.672. The van der Waals surface area contributed by atoms with Gasteiger partial charge in [-0.25, -0.2) is 0 Å². The van der Waals surface area contributed by atoms with E-state index in [1.54, 1.807) is 0 Å². The molecule has 1 aliphatic heterocycles. The number of carbonyl (C=O) groups excluding carboxylic acids is 2. The number of carboxylic acids is 1. The Bertz CT molecular complexity index is 504. The maximum Gasteiger partial charge on any atom is 1.00 e. The van der Waals surface area contributed by atoms with Crippen LogP contribution >= 0.6 is 0 Å². The molecule has 0 atom stereocenters. The summed E-state index contributed by atoms with van der Waals surface area (Å²) in [5.74, 6) is -0.427. The van der Waals surface area contributed by atoms with E-state index in [1.807, 2.05) is 18.2 Å². The van der Waals surface area contributed by atoms with Crippen LogP contribution in [-0.2, 0) is 16.0 Å². The third-order valence-electron chi connectivity index (χ3n) is 3.24. The van der Waals surface area contributed by atoms with Gasteiger partial charge in [-0.15, -0.1) is 0 Å². The van der Waals surface area contributed by atoms with Crippen LogP contribution in [0.3, 0.4) is 0 Å². The van der Waals surface area contributed by atoms with Crippen molar-refractivity contribution in [1.82, 2.24) is 0 Å². The van der Waals surface area contributed by atoms with E-state index in [1.165, 1.54) is 0 Å². The predicted octanol–water partition coefficient (Wildman–Crippen LogP) is -1.74. The van der Waals surface area contributed by atoms with Crippen molar-refractivity contribution in [3.8, 4) is 5.75 Å². The summed E-state index contributed by atoms with van der Waals surface area (Å²) in [6, 6.07) is 5.73. The molecule has 0 fully saturated rings. The van der Waals surface area contributed by atoms with Gasteiger partial charge >= 0.3 is 29.6 Å². The molecule has 6 heteroatoms. The minimum absolute atomic E-state index is 0. The molecule has 0 saturated carbocycles. The Labute approximate surface area is 146 Å². The summed E-state index contributed by atoms with van der Waals surface area (Å²) in [5.41, 5.74) is 1.82. The van der Waals surface area contributed by atoms with Gasteiger partial charge in [0.15, 0.2) is 0 Å². The van der Waals surface area contributed by atoms with Gasteiger partial charge in [-0.1, -0.05) is 12.1 Å². The van der Waals surface area contributed by atoms with E-state index in [-0.39, 0.29) is 41.9 Å². The summed E-state index contributed by atoms with van der Waals surface area (Å²) in [7, 11) is 0. The number of fused-ring (bicyclic) bond motifs is 1. The van der Waals surface area contributed by atoms with Crippen molar-refractivity contribution < 1.29 is 49.0 Å². The van der Waals surface area contributed by atoms with Crippen LogP contribution in [0.4, 0.5) is 5.69 Å². The molecular weight excluding hydrogens is 281 g/mol. The van der Waals surface area contributed by atoms with E-state index in [0.29, 0.717) is 31.6 Å². The molecule has 108 valence electrons. The zero-order valence-electron chi connectivity index (χ0n) is 12.3. The second kappa shape index (κ2) is 9.07. The van der Waals surface area contributed by atoms with Gasteiger partial charge in [-0.05, 0) is 43.7 Å². The molecule has 1 aliphatic rings. The molecule has 0 saturated heterocycles. The molecular formula is C15H18NNaO4. The maximum atomic E-state index is 11.8. The normalized spacial score (nSPS) is 12.6. The zero-order valence-corrected chi connectivity index (χ0v) is 14.3. The van der Waals surface area contributed by atoms with Gasteiger partial charge < -0.3 is 20.0 Å². The maximum absolute atomic E-state index is 11.8. The van der Waals surface area contributed by atoms with Crippen LogP contribution in [0.2, 0.25) is 0 Å². The smallest absolute Gasteiger partial charge is 0.550 e. The monoisotopic (exact) mass is 299 g/mol. The number of rotatable bonds is 6. The number of anilines is 1. The van der Waals surface area contributed by atoms with Gasteiger partial charge in [0.1, 0.15) is 5.75 Å². The Hall–Kier alpha value is -1.04. The molecule has 1 aromatic carbocycles. The average Bonchev–Trinajstić information content (AvgIpc) is 2.44. The molecule has 1 heterocycles. The van der Waals surface area contributed by atoms with Gasteiger partial charge in [0.25, 0.3) is 0 Å². The number of aryl methyl sites for hydroxylation is 1. The van der Waals surface area contributed by atoms with Crippen molar-refractivity contribution >= 4 is 17.6 Å². The van der Waals surface area contributed by atoms with Crippen LogP contribution in [0.1, 0.15) is 37.7 Å². The van der Waals surface area contributed by atoms with Gasteiger partial charge in [0.2, 0.25) is 5.91 Å². The summed E-state index contributed by atoms with van der Waals surface area (Å²) >= 11 is 0. The first-order chi connectivity index (χ1) is 9.66. The fourth-order valence-corrected chi connectivity index (χ4v) is 2.26. The van der Waals surface area contributed by atoms with Gasteiger partial charge in [-0.2, -0.15) is 0 Å². The minimum Gasteiger partial charge on any atom is -0.550 e. The van der Waals surface area contributed by atoms with Crippen molar-refractivity contribution in [3.05, 3.63) is 23.8 Å². The Morgan fingerprint density at radius 1 is 1.24 bits per heavy atom. The van der Waals surface area contributed by atoms with Crippen LogP contribution in [0.15, 0.2) is 18.2 Å². The quantitative estimate of drug-likeness (QED) is 0.500. The predicted molar refractivity (Wildman–Crippen MR) is 72.4 cm³/mol. The van der Waals surface area contributed by atoms with Crippen LogP contribution in [0.25, 0.3) is 0 Å². The Morgan fingerprint density at radius 2 is 2.00 bits per heavy atom. The van der Waals surface area contributed by atoms with Crippen LogP contribution in [-0.4, -0.2) is 18.5 Å². The van der Waals surface area contributed by atoms with Crippen LogP contribution in [0, 0.1) is 0 Å². The molecule has 0 aliphatic carbocycles. The number of unbranched alkanes of at least 4 members (excludes halogenated alkanes) is 1. The molecule has 1 N–H and O–H groups in total. The largest absolute Gasteiger partial charge is 1.00 e. The van der Waals surface area contributed by atoms with Crippen molar-refractivity contribution in [1.29, 1.82) is 0 Å². The second-order valence-electron chi connectivity index (χ2n) is 4.87. The molecule has 0 unspecified atom stereocenters. The number of carboxylic acid groups (broad SMARTS) is 1. The molecule has 0 bridgehead atoms. The van der Waals surface area contributed by atoms with Crippen LogP contribution < -0.4 is 44.7 Å². The van der Waals surface area contributed by atoms with E-state index >= 15 is 0 Å². The standard InChI is InChI=1S/C15H19NO4.Na/c17-13(8-1-2-9-14(18)19)16-12-7-3-5-11-6-4-10-20-15(11)12;/h3,5,7H,1-2,4,6,8-10H2,(H,16,17)(H,18,19);/q;+1/p-1. The van der Waals surface area contributed by atoms with Crippen molar-refractivity contribution in [2.24, 2.45) is 0 Å². The molecule has 1 amide bonds. The molecule has 5 nitrogen and oxygen atoms in total. The molecule has 0 aromatic heterocycles. The van der Waals surface area contributed by atoms with E-state index in [9.17, 15) is 14.7 Å². The summed E-state index contributed by atoms with van der Waals surface area (Å²) in [4.78, 5) is 22.1. The Morgan fingerprint density at radius 3 is 2.76 bits per heavy atom. The first-order valence-electron chi connectivity index (χ1n) is 6.91. The molecule has 0 radical (unpaired) electrons. The number of ether oxygens (including phenoxy) is 1. The average molecular weight is 299 g/mol. The van der Waals surface area contributed by atoms with Crippen molar-refractivity contribution in [2.45, 2.75) is 38.5 Å². The second-order valence-corrected chi connectivity index (χ2v) is 4.87. The van der Waals surface area contributed by atoms with E-state index in [4.69, 9.17) is 4.74 Å². The minimum atomic E-state index is -1.07. The molecule has 1 aromatic rings. The third-order valence-corrected chi connectivity index (χ3v) is 3.24. The van der Waals surface area contributed by atoms with Crippen molar-refractivity contribution in [2.75, 3.05) is 11.9 Å².